The highest BCUT2D eigenvalue weighted by atomic mass is 15.3. The second-order valence-electron chi connectivity index (χ2n) is 20.9. The van der Waals surface area contributed by atoms with Crippen molar-refractivity contribution in [3.63, 3.8) is 0 Å². The van der Waals surface area contributed by atoms with Crippen LogP contribution in [-0.2, 0) is 0 Å². The van der Waals surface area contributed by atoms with Crippen LogP contribution in [-0.4, -0.2) is 46.1 Å². The smallest absolute Gasteiger partial charge is 0.0116 e. The number of rotatable bonds is 6. The summed E-state index contributed by atoms with van der Waals surface area (Å²) < 4.78 is 0. The summed E-state index contributed by atoms with van der Waals surface area (Å²) in [6.45, 7) is 5.21. The normalized spacial score (nSPS) is 51.2. The van der Waals surface area contributed by atoms with Gasteiger partial charge in [0.05, 0.1) is 0 Å². The molecule has 9 aliphatic rings. The molecule has 48 heavy (non-hydrogen) atoms. The van der Waals surface area contributed by atoms with Crippen LogP contribution in [0.3, 0.4) is 0 Å². The van der Waals surface area contributed by atoms with Crippen LogP contribution in [0.2, 0.25) is 0 Å². The zero-order valence-electron chi connectivity index (χ0n) is 31.9. The maximum absolute atomic E-state index is 3.38. The first-order valence-electron chi connectivity index (χ1n) is 23.1. The fourth-order valence-corrected chi connectivity index (χ4v) is 16.5. The Morgan fingerprint density at radius 2 is 0.646 bits per heavy atom. The molecule has 0 aromatic heterocycles. The van der Waals surface area contributed by atoms with Gasteiger partial charge in [0.25, 0.3) is 0 Å². The van der Waals surface area contributed by atoms with Crippen LogP contribution in [0.25, 0.3) is 0 Å². The molecule has 2 heteroatoms. The predicted octanol–water partition coefficient (Wildman–Crippen LogP) is 12.0. The van der Waals surface area contributed by atoms with Gasteiger partial charge in [-0.1, -0.05) is 84.5 Å². The molecular formula is C46H78N2. The summed E-state index contributed by atoms with van der Waals surface area (Å²) >= 11 is 0. The Labute approximate surface area is 298 Å². The second kappa shape index (κ2) is 14.7. The topological polar surface area (TPSA) is 6.48 Å². The van der Waals surface area contributed by atoms with E-state index in [4.69, 9.17) is 0 Å². The molecule has 0 N–H and O–H groups in total. The van der Waals surface area contributed by atoms with Gasteiger partial charge in [-0.05, 0) is 168 Å². The van der Waals surface area contributed by atoms with Gasteiger partial charge in [-0.3, -0.25) is 9.80 Å². The summed E-state index contributed by atoms with van der Waals surface area (Å²) in [7, 11) is 0. The highest BCUT2D eigenvalue weighted by Crippen LogP contribution is 2.57. The van der Waals surface area contributed by atoms with Gasteiger partial charge in [-0.15, -0.1) is 0 Å². The summed E-state index contributed by atoms with van der Waals surface area (Å²) in [5.74, 6) is 10.7. The van der Waals surface area contributed by atoms with Crippen molar-refractivity contribution >= 4 is 0 Å². The van der Waals surface area contributed by atoms with E-state index in [0.717, 1.165) is 95.4 Å². The van der Waals surface area contributed by atoms with Crippen LogP contribution in [0.15, 0.2) is 0 Å². The highest BCUT2D eigenvalue weighted by Gasteiger charge is 2.51. The van der Waals surface area contributed by atoms with Crippen molar-refractivity contribution in [2.45, 2.75) is 230 Å². The van der Waals surface area contributed by atoms with E-state index >= 15 is 0 Å². The molecule has 9 aliphatic carbocycles. The Balaban J connectivity index is 0.952. The Bertz CT molecular complexity index is 975. The lowest BCUT2D eigenvalue weighted by Crippen LogP contribution is -2.59. The Morgan fingerprint density at radius 1 is 0.271 bits per heavy atom. The van der Waals surface area contributed by atoms with Gasteiger partial charge in [0.15, 0.2) is 0 Å². The van der Waals surface area contributed by atoms with Gasteiger partial charge >= 0.3 is 0 Å². The van der Waals surface area contributed by atoms with Crippen LogP contribution < -0.4 is 0 Å². The molecule has 272 valence electrons. The number of nitrogens with zero attached hydrogens (tertiary/aromatic N) is 2. The first-order chi connectivity index (χ1) is 23.6. The van der Waals surface area contributed by atoms with Gasteiger partial charge < -0.3 is 0 Å². The third-order valence-corrected chi connectivity index (χ3v) is 18.2. The first-order valence-corrected chi connectivity index (χ1v) is 23.1. The minimum atomic E-state index is 0.874. The molecule has 16 atom stereocenters. The van der Waals surface area contributed by atoms with E-state index in [2.05, 4.69) is 23.6 Å². The summed E-state index contributed by atoms with van der Waals surface area (Å²) in [5.41, 5.74) is 0. The molecule has 0 aliphatic heterocycles. The second-order valence-corrected chi connectivity index (χ2v) is 20.9. The van der Waals surface area contributed by atoms with Crippen LogP contribution >= 0.6 is 0 Å². The first kappa shape index (κ1) is 33.7. The lowest BCUT2D eigenvalue weighted by molar-refractivity contribution is -0.0467. The quantitative estimate of drug-likeness (QED) is 0.280. The van der Waals surface area contributed by atoms with Gasteiger partial charge in [0.1, 0.15) is 0 Å². The maximum atomic E-state index is 3.38. The van der Waals surface area contributed by atoms with E-state index in [1.54, 1.807) is 103 Å². The van der Waals surface area contributed by atoms with Gasteiger partial charge in [-0.25, -0.2) is 0 Å². The van der Waals surface area contributed by atoms with Gasteiger partial charge in [-0.2, -0.15) is 0 Å². The average molecular weight is 659 g/mol. The van der Waals surface area contributed by atoms with E-state index in [0.29, 0.717) is 0 Å². The van der Waals surface area contributed by atoms with Crippen molar-refractivity contribution in [2.24, 2.45) is 59.2 Å². The van der Waals surface area contributed by atoms with Crippen molar-refractivity contribution in [3.8, 4) is 0 Å². The van der Waals surface area contributed by atoms with Crippen molar-refractivity contribution < 1.29 is 0 Å². The molecule has 0 aromatic rings. The van der Waals surface area contributed by atoms with Crippen molar-refractivity contribution in [2.75, 3.05) is 0 Å². The predicted molar refractivity (Wildman–Crippen MR) is 202 cm³/mol. The number of hydrogen-bond donors (Lipinski definition) is 0. The summed E-state index contributed by atoms with van der Waals surface area (Å²) in [5, 5.41) is 0. The molecule has 9 saturated carbocycles. The molecule has 9 rings (SSSR count). The SMILES string of the molecule is CC1CCCC(N(C2CCC3C(CC4CCCCC43)C2)C2CCCC(N(C3CCCC(C)C3)C3CCC4C(CC5CCCCC54)C3)C2)C1. The van der Waals surface area contributed by atoms with E-state index < -0.39 is 0 Å². The highest BCUT2D eigenvalue weighted by molar-refractivity contribution is 5.04. The zero-order chi connectivity index (χ0) is 32.2. The van der Waals surface area contributed by atoms with E-state index in [-0.39, 0.29) is 0 Å². The zero-order valence-corrected chi connectivity index (χ0v) is 31.9. The molecule has 0 amide bonds. The van der Waals surface area contributed by atoms with E-state index in [1.807, 2.05) is 0 Å². The molecule has 0 saturated heterocycles. The standard InChI is InChI=1S/C46H78N2/c1-31-10-7-14-37(24-31)47(41-20-22-45-35(28-41)26-33-12-3-5-18-43(33)45)39-16-9-17-40(30-39)48(38-15-8-11-32(2)25-38)42-21-23-46-36(29-42)27-34-13-4-6-19-44(34)46/h31-46H,3-30H2,1-2H3. The average Bonchev–Trinajstić information content (AvgIpc) is 3.66. The monoisotopic (exact) mass is 659 g/mol. The summed E-state index contributed by atoms with van der Waals surface area (Å²) in [6.07, 6.45) is 43.3. The summed E-state index contributed by atoms with van der Waals surface area (Å²) in [4.78, 5) is 6.75. The molecule has 0 aromatic carbocycles. The maximum Gasteiger partial charge on any atom is 0.0116 e. The van der Waals surface area contributed by atoms with Gasteiger partial charge in [0, 0.05) is 36.3 Å². The third kappa shape index (κ3) is 6.66. The molecule has 9 fully saturated rings. The lowest BCUT2D eigenvalue weighted by atomic mass is 9.70. The van der Waals surface area contributed by atoms with E-state index in [1.165, 1.54) is 77.0 Å². The largest absolute Gasteiger partial charge is 0.294 e. The van der Waals surface area contributed by atoms with Crippen molar-refractivity contribution in [1.29, 1.82) is 0 Å². The minimum absolute atomic E-state index is 0.874. The minimum Gasteiger partial charge on any atom is -0.294 e. The molecule has 0 radical (unpaired) electrons. The fraction of sp³-hybridized carbons (Fsp3) is 1.00. The summed E-state index contributed by atoms with van der Waals surface area (Å²) in [6, 6.07) is 5.35. The molecule has 16 unspecified atom stereocenters. The molecule has 2 nitrogen and oxygen atoms in total. The molecule has 0 bridgehead atoms. The van der Waals surface area contributed by atoms with E-state index in [9.17, 15) is 0 Å². The van der Waals surface area contributed by atoms with Crippen LogP contribution in [0.4, 0.5) is 0 Å². The number of fused-ring (bicyclic) bond motifs is 6. The van der Waals surface area contributed by atoms with Crippen molar-refractivity contribution in [3.05, 3.63) is 0 Å². The Hall–Kier alpha value is -0.0800. The molecule has 0 heterocycles. The molecule has 0 spiro atoms. The van der Waals surface area contributed by atoms with Gasteiger partial charge in [0.2, 0.25) is 0 Å². The van der Waals surface area contributed by atoms with Crippen LogP contribution in [0.5, 0.6) is 0 Å². The van der Waals surface area contributed by atoms with Crippen LogP contribution in [0.1, 0.15) is 194 Å². The third-order valence-electron chi connectivity index (χ3n) is 18.2. The Kier molecular flexibility index (Phi) is 10.4. The molecular weight excluding hydrogens is 581 g/mol. The van der Waals surface area contributed by atoms with Crippen LogP contribution in [0, 0.1) is 59.2 Å². The lowest BCUT2D eigenvalue weighted by Gasteiger charge is -2.54. The van der Waals surface area contributed by atoms with Crippen molar-refractivity contribution in [1.82, 2.24) is 9.80 Å². The fourth-order valence-electron chi connectivity index (χ4n) is 16.5. The Morgan fingerprint density at radius 3 is 1.10 bits per heavy atom. The number of hydrogen-bond acceptors (Lipinski definition) is 2.